The minimum atomic E-state index is -0.702. The van der Waals surface area contributed by atoms with Gasteiger partial charge in [-0.25, -0.2) is 9.88 Å². The Balaban J connectivity index is 0.731. The van der Waals surface area contributed by atoms with Crippen LogP contribution in [0.2, 0.25) is 0 Å². The van der Waals surface area contributed by atoms with Crippen LogP contribution in [-0.2, 0) is 20.4 Å². The third-order valence-electron chi connectivity index (χ3n) is 34.9. The number of benzene rings is 16. The fourth-order valence-corrected chi connectivity index (χ4v) is 32.7. The zero-order valence-electron chi connectivity index (χ0n) is 57.9. The summed E-state index contributed by atoms with van der Waals surface area (Å²) in [6, 6.07) is 6.41. The number of hydrogen-bond donors (Lipinski definition) is 2. The largest absolute Gasteiger partial charge is 0.469 e. The predicted octanol–water partition coefficient (Wildman–Crippen LogP) is 22.8. The third kappa shape index (κ3) is 3.32. The van der Waals surface area contributed by atoms with Gasteiger partial charge in [0.25, 0.3) is 11.8 Å². The molecule has 25 aromatic carbocycles. The van der Waals surface area contributed by atoms with Crippen LogP contribution in [0.1, 0.15) is 170 Å². The molecule has 482 valence electrons. The molecule has 2 spiro atoms. The van der Waals surface area contributed by atoms with E-state index in [2.05, 4.69) is 75.4 Å². The predicted molar refractivity (Wildman–Crippen MR) is 433 cm³/mol. The van der Waals surface area contributed by atoms with Crippen LogP contribution >= 0.6 is 0 Å². The van der Waals surface area contributed by atoms with Crippen molar-refractivity contribution in [3.05, 3.63) is 126 Å². The highest BCUT2D eigenvalue weighted by molar-refractivity contribution is 6.80. The van der Waals surface area contributed by atoms with E-state index in [1.807, 2.05) is 6.08 Å². The molecule has 9 nitrogen and oxygen atoms in total. The lowest BCUT2D eigenvalue weighted by Crippen LogP contribution is -2.57. The maximum Gasteiger partial charge on any atom is 0.305 e. The quantitative estimate of drug-likeness (QED) is 0.0972. The van der Waals surface area contributed by atoms with E-state index in [0.29, 0.717) is 41.6 Å². The van der Waals surface area contributed by atoms with Gasteiger partial charge in [-0.15, -0.1) is 0 Å². The van der Waals surface area contributed by atoms with Crippen LogP contribution in [0.15, 0.2) is 36.6 Å². The van der Waals surface area contributed by atoms with Crippen LogP contribution in [0.3, 0.4) is 0 Å². The molecule has 2 N–H and O–H groups in total. The first kappa shape index (κ1) is 47.9. The zero-order valence-corrected chi connectivity index (χ0v) is 57.9. The Morgan fingerprint density at radius 1 is 0.523 bits per heavy atom. The number of methoxy groups -OCH3 is 1. The Bertz CT molecular complexity index is 10000. The number of carbonyl (C=O) groups excluding carboxylic acids is 3. The average molecular weight is 1350 g/mol. The summed E-state index contributed by atoms with van der Waals surface area (Å²) >= 11 is 0. The second kappa shape index (κ2) is 12.4. The summed E-state index contributed by atoms with van der Waals surface area (Å²) in [6.07, 6.45) is 6.82. The molecule has 11 aliphatic rings. The van der Waals surface area contributed by atoms with Gasteiger partial charge in [0.2, 0.25) is 0 Å². The maximum absolute atomic E-state index is 17.8. The van der Waals surface area contributed by atoms with E-state index in [1.54, 1.807) is 297 Å². The smallest absolute Gasteiger partial charge is 0.305 e. The van der Waals surface area contributed by atoms with Crippen LogP contribution in [0, 0.1) is 13.8 Å². The molecular weight excluding hydrogens is 1310 g/mol. The number of H-pyrrole nitrogens is 2. The van der Waals surface area contributed by atoms with Crippen molar-refractivity contribution in [2.75, 3.05) is 7.11 Å². The third-order valence-corrected chi connectivity index (χ3v) is 34.9. The van der Waals surface area contributed by atoms with E-state index < -0.39 is 10.8 Å². The topological polar surface area (TPSA) is 121 Å². The standard InChI is InChI=1S/C98H41N5O4/c1-8-23-18(3)26-14-28-20(5)25(10-11-32(104)107-7)93(101-28)88-94-33(21(6)29(102-94)16-31-24(9-2)19(4)27(100-31)15-30(23)99-26)95(105)103(96(88)106)22-12-13-97-89-80-72-62-52-44-36-34-35-38-42-40(36)48-56-50(42)60-54-46(38)47-39(35)43-41-37(34)45(44)53-59-49(41)57-51(43)61-55(47)65-64(54)74-68(60)78-70(56)76(66(72)58(48)52)82(89)84(78)91-86(74)87-75(65)69(61)79-71(57)77-67(59)73(63(53)62)81(80)90(97)83(77)85(79)92(87)98(91,97)17-22/h8,12,14-16,20,25,74,86,99,102H,1,9-11,13,17H2,2-7H3/t20-,25-,74?,86?,97?,98?/m0/s1. The Kier molecular flexibility index (Phi) is 5.55. The van der Waals surface area contributed by atoms with Crippen molar-refractivity contribution < 1.29 is 19.1 Å². The van der Waals surface area contributed by atoms with Crippen LogP contribution in [-0.4, -0.2) is 49.7 Å². The first-order valence-corrected chi connectivity index (χ1v) is 39.3. The van der Waals surface area contributed by atoms with Crippen molar-refractivity contribution >= 4 is 321 Å². The molecule has 3 aliphatic heterocycles. The SMILES string of the molecule is C=Cc1c(C)c2cc3nc(c4c5[nH]c(cc6nc(cc1[nH]2)C(C)=C6CC)c(C)c5C(=O)N(C1=CCC25c6c7c8c9c%10c%11c%12c%13c%14c%15c%16c(c%17c%18c2c2c6c6c%19c7c9c7c%11c9c%11c%12c%12c%14c%14c%15c%17c%15c%18c%17c2c2c6c6c%19c7c9c7c6c6c2c%17c2c%15c%14c9c%12c%11c7c6c92)C5(C1)C=8C%16C%10%13)C4=O)[C@@H](CCC(=O)OC)[C@@H]3C. The fraction of sp³-hybridized carbons (Fsp3) is 0.173. The molecule has 0 radical (unpaired) electrons. The van der Waals surface area contributed by atoms with Crippen LogP contribution in [0.4, 0.5) is 0 Å². The number of imide groups is 1. The van der Waals surface area contributed by atoms with Gasteiger partial charge in [0.15, 0.2) is 0 Å². The first-order valence-electron chi connectivity index (χ1n) is 39.3. The van der Waals surface area contributed by atoms with E-state index in [1.165, 1.54) is 17.9 Å². The molecule has 8 bridgehead atoms. The lowest BCUT2D eigenvalue weighted by atomic mass is 9.44. The molecule has 9 heteroatoms. The summed E-state index contributed by atoms with van der Waals surface area (Å²) in [7, 11) is 1.45. The number of aromatic nitrogens is 4. The molecule has 28 aromatic rings. The summed E-state index contributed by atoms with van der Waals surface area (Å²) in [5.74, 6) is -1.38. The van der Waals surface area contributed by atoms with Gasteiger partial charge in [0.05, 0.1) is 40.8 Å². The van der Waals surface area contributed by atoms with Gasteiger partial charge in [-0.1, -0.05) is 32.6 Å². The van der Waals surface area contributed by atoms with Crippen LogP contribution in [0.25, 0.3) is 303 Å². The van der Waals surface area contributed by atoms with E-state index in [4.69, 9.17) is 14.7 Å². The van der Waals surface area contributed by atoms with Gasteiger partial charge in [0, 0.05) is 80.8 Å². The summed E-state index contributed by atoms with van der Waals surface area (Å²) in [6.45, 7) is 15.1. The Hall–Kier alpha value is -12.3. The van der Waals surface area contributed by atoms with Crippen molar-refractivity contribution in [1.82, 2.24) is 24.8 Å². The van der Waals surface area contributed by atoms with Crippen LogP contribution < -0.4 is 5.22 Å². The summed E-state index contributed by atoms with van der Waals surface area (Å²) in [4.78, 5) is 69.3. The number of esters is 1. The van der Waals surface area contributed by atoms with Crippen molar-refractivity contribution in [2.24, 2.45) is 0 Å². The van der Waals surface area contributed by atoms with Gasteiger partial charge in [0.1, 0.15) is 0 Å². The summed E-state index contributed by atoms with van der Waals surface area (Å²) < 4.78 is 5.42. The molecule has 2 amide bonds. The van der Waals surface area contributed by atoms with E-state index >= 15 is 9.59 Å². The molecule has 39 rings (SSSR count). The maximum atomic E-state index is 17.8. The number of carbonyl (C=O) groups is 3. The number of nitrogens with one attached hydrogen (secondary N) is 2. The molecule has 6 heterocycles. The van der Waals surface area contributed by atoms with E-state index in [0.717, 1.165) is 73.6 Å². The van der Waals surface area contributed by atoms with Gasteiger partial charge in [-0.2, -0.15) is 0 Å². The Morgan fingerprint density at radius 3 is 1.51 bits per heavy atom. The number of aryl methyl sites for hydroxylation is 2. The van der Waals surface area contributed by atoms with Crippen molar-refractivity contribution in [1.29, 1.82) is 0 Å². The molecule has 0 saturated heterocycles. The number of nitrogens with zero attached hydrogens (tertiary/aromatic N) is 3. The fourth-order valence-electron chi connectivity index (χ4n) is 32.7. The monoisotopic (exact) mass is 1350 g/mol. The number of amides is 2. The molecule has 0 saturated carbocycles. The number of allylic oxidation sites excluding steroid dienone is 4. The van der Waals surface area contributed by atoms with Gasteiger partial charge >= 0.3 is 5.97 Å². The number of ether oxygens (including phenoxy) is 1. The highest BCUT2D eigenvalue weighted by Gasteiger charge is 2.74. The van der Waals surface area contributed by atoms with Crippen molar-refractivity contribution in [3.63, 3.8) is 0 Å². The minimum absolute atomic E-state index is 0.0634. The number of fused-ring (bicyclic) bond motifs is 8. The highest BCUT2D eigenvalue weighted by Crippen LogP contribution is 2.87. The number of rotatable bonds is 6. The lowest BCUT2D eigenvalue weighted by Gasteiger charge is -2.57. The highest BCUT2D eigenvalue weighted by atomic mass is 16.5. The number of aromatic amines is 2. The van der Waals surface area contributed by atoms with Gasteiger partial charge in [-0.05, 0) is 383 Å². The zero-order chi connectivity index (χ0) is 67.8. The minimum Gasteiger partial charge on any atom is -0.469 e. The molecule has 8 aliphatic carbocycles. The first-order chi connectivity index (χ1) is 52.5. The van der Waals surface area contributed by atoms with Gasteiger partial charge in [-0.3, -0.25) is 19.4 Å². The number of hydrogen-bond acceptors (Lipinski definition) is 6. The summed E-state index contributed by atoms with van der Waals surface area (Å²) in [5, 5.41) is 76.9. The molecule has 107 heavy (non-hydrogen) atoms. The molecule has 4 unspecified atom stereocenters. The second-order valence-electron chi connectivity index (χ2n) is 36.6. The average Bonchev–Trinajstić information content (AvgIpc) is 1.38. The molecule has 3 aromatic heterocycles. The molecular formula is C98H41N5O4. The van der Waals surface area contributed by atoms with Gasteiger partial charge < -0.3 is 14.7 Å². The molecule has 6 atom stereocenters. The Morgan fingerprint density at radius 2 is 0.981 bits per heavy atom. The summed E-state index contributed by atoms with van der Waals surface area (Å²) in [5.41, 5.74) is 22.8. The second-order valence-corrected chi connectivity index (χ2v) is 36.6. The van der Waals surface area contributed by atoms with Crippen molar-refractivity contribution in [2.45, 2.75) is 101 Å². The van der Waals surface area contributed by atoms with Crippen LogP contribution in [0.5, 0.6) is 0 Å². The van der Waals surface area contributed by atoms with E-state index in [-0.39, 0.29) is 47.9 Å². The van der Waals surface area contributed by atoms with E-state index in [9.17, 15) is 4.79 Å². The molecule has 0 fully saturated rings. The normalized spacial score (nSPS) is 23.4. The Labute approximate surface area is 595 Å². The lowest BCUT2D eigenvalue weighted by molar-refractivity contribution is -0.140. The van der Waals surface area contributed by atoms with Crippen molar-refractivity contribution in [3.8, 4) is 0 Å².